The van der Waals surface area contributed by atoms with Crippen LogP contribution in [0.4, 0.5) is 5.82 Å². The largest absolute Gasteiger partial charge is 0.378 e. The lowest BCUT2D eigenvalue weighted by Crippen LogP contribution is -2.41. The second kappa shape index (κ2) is 8.61. The minimum absolute atomic E-state index is 0.0305. The van der Waals surface area contributed by atoms with E-state index >= 15 is 0 Å². The van der Waals surface area contributed by atoms with Gasteiger partial charge in [0.2, 0.25) is 0 Å². The number of pyridine rings is 1. The molecule has 2 N–H and O–H groups in total. The standard InChI is InChI=1S/C16H25BrN4O2/c1-20(2)15-14(10-12(17)11-19-15)16(22)21-7-4-13(5-8-21)23-9-3-6-18/h10-11,13H,3-9,18H2,1-2H3. The molecule has 0 aliphatic carbocycles. The molecule has 1 aromatic heterocycles. The number of rotatable bonds is 6. The molecule has 1 amide bonds. The van der Waals surface area contributed by atoms with Crippen molar-refractivity contribution in [1.29, 1.82) is 0 Å². The summed E-state index contributed by atoms with van der Waals surface area (Å²) in [4.78, 5) is 20.9. The number of aromatic nitrogens is 1. The SMILES string of the molecule is CN(C)c1ncc(Br)cc1C(=O)N1CCC(OCCCN)CC1. The third kappa shape index (κ3) is 4.89. The Morgan fingerprint density at radius 3 is 2.78 bits per heavy atom. The number of halogens is 1. The van der Waals surface area contributed by atoms with E-state index in [1.807, 2.05) is 30.0 Å². The second-order valence-electron chi connectivity index (χ2n) is 5.92. The van der Waals surface area contributed by atoms with E-state index in [2.05, 4.69) is 20.9 Å². The fourth-order valence-corrected chi connectivity index (χ4v) is 3.01. The van der Waals surface area contributed by atoms with Crippen molar-refractivity contribution >= 4 is 27.7 Å². The third-order valence-corrected chi connectivity index (χ3v) is 4.35. The molecule has 7 heteroatoms. The molecule has 1 fully saturated rings. The Morgan fingerprint density at radius 2 is 2.17 bits per heavy atom. The predicted molar refractivity (Wildman–Crippen MR) is 94.8 cm³/mol. The summed E-state index contributed by atoms with van der Waals surface area (Å²) in [6.45, 7) is 2.78. The Hall–Kier alpha value is -1.18. The van der Waals surface area contributed by atoms with E-state index in [0.29, 0.717) is 37.6 Å². The molecule has 6 nitrogen and oxygen atoms in total. The first-order chi connectivity index (χ1) is 11.0. The second-order valence-corrected chi connectivity index (χ2v) is 6.84. The lowest BCUT2D eigenvalue weighted by Gasteiger charge is -2.32. The minimum Gasteiger partial charge on any atom is -0.378 e. The molecule has 0 unspecified atom stereocenters. The Labute approximate surface area is 146 Å². The van der Waals surface area contributed by atoms with Crippen LogP contribution < -0.4 is 10.6 Å². The Bertz CT molecular complexity index is 531. The number of likely N-dealkylation sites (tertiary alicyclic amines) is 1. The molecule has 1 aliphatic heterocycles. The number of hydrogen-bond donors (Lipinski definition) is 1. The highest BCUT2D eigenvalue weighted by Crippen LogP contribution is 2.24. The number of piperidine rings is 1. The number of carbonyl (C=O) groups excluding carboxylic acids is 1. The van der Waals surface area contributed by atoms with E-state index in [9.17, 15) is 4.79 Å². The molecule has 128 valence electrons. The van der Waals surface area contributed by atoms with E-state index in [4.69, 9.17) is 10.5 Å². The monoisotopic (exact) mass is 384 g/mol. The number of ether oxygens (including phenoxy) is 1. The van der Waals surface area contributed by atoms with Gasteiger partial charge in [-0.3, -0.25) is 4.79 Å². The van der Waals surface area contributed by atoms with Gasteiger partial charge in [-0.2, -0.15) is 0 Å². The van der Waals surface area contributed by atoms with Crippen molar-refractivity contribution in [2.24, 2.45) is 5.73 Å². The lowest BCUT2D eigenvalue weighted by molar-refractivity contribution is 0.00845. The Kier molecular flexibility index (Phi) is 6.80. The van der Waals surface area contributed by atoms with Gasteiger partial charge in [-0.1, -0.05) is 0 Å². The molecule has 1 saturated heterocycles. The summed E-state index contributed by atoms with van der Waals surface area (Å²) in [5.74, 6) is 0.724. The molecule has 0 saturated carbocycles. The van der Waals surface area contributed by atoms with Crippen LogP contribution in [0.2, 0.25) is 0 Å². The maximum Gasteiger partial charge on any atom is 0.257 e. The number of nitrogens with zero attached hydrogens (tertiary/aromatic N) is 3. The van der Waals surface area contributed by atoms with Crippen molar-refractivity contribution in [3.8, 4) is 0 Å². The summed E-state index contributed by atoms with van der Waals surface area (Å²) >= 11 is 3.40. The smallest absolute Gasteiger partial charge is 0.257 e. The van der Waals surface area contributed by atoms with Crippen molar-refractivity contribution < 1.29 is 9.53 Å². The van der Waals surface area contributed by atoms with E-state index in [0.717, 1.165) is 23.7 Å². The average Bonchev–Trinajstić information content (AvgIpc) is 2.54. The van der Waals surface area contributed by atoms with Gasteiger partial charge in [-0.25, -0.2) is 4.98 Å². The first-order valence-corrected chi connectivity index (χ1v) is 8.76. The van der Waals surface area contributed by atoms with Gasteiger partial charge in [0.05, 0.1) is 11.7 Å². The van der Waals surface area contributed by atoms with Crippen LogP contribution in [0.15, 0.2) is 16.7 Å². The highest BCUT2D eigenvalue weighted by Gasteiger charge is 2.26. The first kappa shape index (κ1) is 18.2. The van der Waals surface area contributed by atoms with Crippen molar-refractivity contribution in [1.82, 2.24) is 9.88 Å². The summed E-state index contributed by atoms with van der Waals surface area (Å²) in [7, 11) is 3.79. The van der Waals surface area contributed by atoms with Gasteiger partial charge in [0.1, 0.15) is 5.82 Å². The van der Waals surface area contributed by atoms with Crippen molar-refractivity contribution in [2.75, 3.05) is 45.2 Å². The molecule has 0 spiro atoms. The molecule has 0 bridgehead atoms. The van der Waals surface area contributed by atoms with Crippen LogP contribution in [0, 0.1) is 0 Å². The van der Waals surface area contributed by atoms with Crippen molar-refractivity contribution in [2.45, 2.75) is 25.4 Å². The molecule has 2 heterocycles. The maximum atomic E-state index is 12.8. The van der Waals surface area contributed by atoms with Gasteiger partial charge < -0.3 is 20.3 Å². The van der Waals surface area contributed by atoms with Gasteiger partial charge in [0.25, 0.3) is 5.91 Å². The quantitative estimate of drug-likeness (QED) is 0.758. The highest BCUT2D eigenvalue weighted by molar-refractivity contribution is 9.10. The Balaban J connectivity index is 1.99. The highest BCUT2D eigenvalue weighted by atomic mass is 79.9. The molecule has 0 radical (unpaired) electrons. The van der Waals surface area contributed by atoms with Crippen LogP contribution in [0.1, 0.15) is 29.6 Å². The summed E-state index contributed by atoms with van der Waals surface area (Å²) in [5.41, 5.74) is 6.11. The lowest BCUT2D eigenvalue weighted by atomic mass is 10.1. The zero-order chi connectivity index (χ0) is 16.8. The topological polar surface area (TPSA) is 71.7 Å². The fourth-order valence-electron chi connectivity index (χ4n) is 2.68. The first-order valence-electron chi connectivity index (χ1n) is 7.96. The van der Waals surface area contributed by atoms with Crippen molar-refractivity contribution in [3.63, 3.8) is 0 Å². The zero-order valence-corrected chi connectivity index (χ0v) is 15.4. The van der Waals surface area contributed by atoms with Crippen LogP contribution in [-0.4, -0.2) is 62.2 Å². The van der Waals surface area contributed by atoms with E-state index < -0.39 is 0 Å². The van der Waals surface area contributed by atoms with E-state index in [-0.39, 0.29) is 12.0 Å². The molecule has 0 atom stereocenters. The van der Waals surface area contributed by atoms with Crippen LogP contribution >= 0.6 is 15.9 Å². The van der Waals surface area contributed by atoms with E-state index in [1.165, 1.54) is 0 Å². The van der Waals surface area contributed by atoms with Crippen LogP contribution in [0.3, 0.4) is 0 Å². The molecule has 1 aromatic rings. The summed E-state index contributed by atoms with van der Waals surface area (Å²) in [6.07, 6.45) is 4.57. The molecular formula is C16H25BrN4O2. The molecule has 0 aromatic carbocycles. The Morgan fingerprint density at radius 1 is 1.48 bits per heavy atom. The summed E-state index contributed by atoms with van der Waals surface area (Å²) in [6, 6.07) is 1.84. The van der Waals surface area contributed by atoms with Crippen LogP contribution in [0.25, 0.3) is 0 Å². The summed E-state index contributed by atoms with van der Waals surface area (Å²) in [5, 5.41) is 0. The normalized spacial score (nSPS) is 15.7. The molecular weight excluding hydrogens is 360 g/mol. The van der Waals surface area contributed by atoms with Crippen molar-refractivity contribution in [3.05, 3.63) is 22.3 Å². The number of amides is 1. The molecule has 2 rings (SSSR count). The molecule has 1 aliphatic rings. The average molecular weight is 385 g/mol. The van der Waals surface area contributed by atoms with Crippen LogP contribution in [0.5, 0.6) is 0 Å². The van der Waals surface area contributed by atoms with Gasteiger partial charge in [0, 0.05) is 44.5 Å². The third-order valence-electron chi connectivity index (χ3n) is 3.92. The molecule has 23 heavy (non-hydrogen) atoms. The number of anilines is 1. The van der Waals surface area contributed by atoms with Gasteiger partial charge in [0.15, 0.2) is 0 Å². The summed E-state index contributed by atoms with van der Waals surface area (Å²) < 4.78 is 6.60. The van der Waals surface area contributed by atoms with Gasteiger partial charge in [-0.05, 0) is 47.8 Å². The predicted octanol–water partition coefficient (Wildman–Crippen LogP) is 1.88. The van der Waals surface area contributed by atoms with E-state index in [1.54, 1.807) is 6.20 Å². The number of hydrogen-bond acceptors (Lipinski definition) is 5. The number of carbonyl (C=O) groups is 1. The van der Waals surface area contributed by atoms with Gasteiger partial charge in [-0.15, -0.1) is 0 Å². The van der Waals surface area contributed by atoms with Crippen LogP contribution in [-0.2, 0) is 4.74 Å². The fraction of sp³-hybridized carbons (Fsp3) is 0.625. The maximum absolute atomic E-state index is 12.8. The van der Waals surface area contributed by atoms with Gasteiger partial charge >= 0.3 is 0 Å². The minimum atomic E-state index is 0.0305. The zero-order valence-electron chi connectivity index (χ0n) is 13.8. The number of nitrogens with two attached hydrogens (primary N) is 1.